The van der Waals surface area contributed by atoms with Gasteiger partial charge in [0.05, 0.1) is 33.8 Å². The molecule has 0 radical (unpaired) electrons. The predicted octanol–water partition coefficient (Wildman–Crippen LogP) is 3.95. The maximum atomic E-state index is 12.7. The first-order chi connectivity index (χ1) is 14.9. The number of anilines is 1. The standard InChI is InChI=1S/C23H17N3O5/c1-14-19(10-5-11-20(14)26(30)31)24-21(27)16-7-4-6-15(12-16)13-25-22(28)17-8-2-3-9-18(17)23(25)29/h2-12H,13H2,1H3,(H,24,27). The lowest BCUT2D eigenvalue weighted by Gasteiger charge is -2.15. The van der Waals surface area contributed by atoms with Gasteiger partial charge in [-0.25, -0.2) is 0 Å². The van der Waals surface area contributed by atoms with Gasteiger partial charge in [0.15, 0.2) is 0 Å². The van der Waals surface area contributed by atoms with Gasteiger partial charge in [0.2, 0.25) is 0 Å². The maximum absolute atomic E-state index is 12.7. The van der Waals surface area contributed by atoms with Crippen LogP contribution >= 0.6 is 0 Å². The average Bonchev–Trinajstić information content (AvgIpc) is 3.00. The van der Waals surface area contributed by atoms with Gasteiger partial charge in [-0.3, -0.25) is 29.4 Å². The Morgan fingerprint density at radius 3 is 2.26 bits per heavy atom. The lowest BCUT2D eigenvalue weighted by atomic mass is 10.1. The minimum atomic E-state index is -0.506. The highest BCUT2D eigenvalue weighted by Crippen LogP contribution is 2.26. The number of rotatable bonds is 5. The second-order valence-electron chi connectivity index (χ2n) is 7.10. The van der Waals surface area contributed by atoms with Crippen LogP contribution in [0.25, 0.3) is 0 Å². The number of carbonyl (C=O) groups excluding carboxylic acids is 3. The van der Waals surface area contributed by atoms with Crippen molar-refractivity contribution in [3.63, 3.8) is 0 Å². The molecule has 8 heteroatoms. The van der Waals surface area contributed by atoms with Crippen molar-refractivity contribution in [1.29, 1.82) is 0 Å². The average molecular weight is 415 g/mol. The minimum absolute atomic E-state index is 0.0311. The predicted molar refractivity (Wildman–Crippen MR) is 113 cm³/mol. The lowest BCUT2D eigenvalue weighted by molar-refractivity contribution is -0.385. The molecule has 1 heterocycles. The largest absolute Gasteiger partial charge is 0.321 e. The van der Waals surface area contributed by atoms with E-state index in [0.717, 1.165) is 4.90 Å². The number of fused-ring (bicyclic) bond motifs is 1. The van der Waals surface area contributed by atoms with Crippen molar-refractivity contribution in [3.8, 4) is 0 Å². The number of imide groups is 1. The van der Waals surface area contributed by atoms with E-state index < -0.39 is 10.8 Å². The number of hydrogen-bond acceptors (Lipinski definition) is 5. The molecule has 3 aromatic rings. The first-order valence-corrected chi connectivity index (χ1v) is 9.46. The van der Waals surface area contributed by atoms with Gasteiger partial charge in [0.1, 0.15) is 0 Å². The van der Waals surface area contributed by atoms with E-state index in [2.05, 4.69) is 5.32 Å². The summed E-state index contributed by atoms with van der Waals surface area (Å²) in [7, 11) is 0. The number of nitrogens with zero attached hydrogens (tertiary/aromatic N) is 2. The van der Waals surface area contributed by atoms with Gasteiger partial charge < -0.3 is 5.32 Å². The molecule has 3 amide bonds. The third kappa shape index (κ3) is 3.66. The fourth-order valence-electron chi connectivity index (χ4n) is 3.53. The van der Waals surface area contributed by atoms with Gasteiger partial charge >= 0.3 is 0 Å². The molecule has 0 atom stereocenters. The van der Waals surface area contributed by atoms with E-state index in [-0.39, 0.29) is 24.0 Å². The first-order valence-electron chi connectivity index (χ1n) is 9.46. The zero-order valence-electron chi connectivity index (χ0n) is 16.5. The molecule has 154 valence electrons. The highest BCUT2D eigenvalue weighted by Gasteiger charge is 2.35. The third-order valence-electron chi connectivity index (χ3n) is 5.16. The van der Waals surface area contributed by atoms with Crippen LogP contribution < -0.4 is 5.32 Å². The summed E-state index contributed by atoms with van der Waals surface area (Å²) in [6.45, 7) is 1.59. The van der Waals surface area contributed by atoms with Crippen LogP contribution in [0, 0.1) is 17.0 Å². The van der Waals surface area contributed by atoms with Crippen molar-refractivity contribution in [1.82, 2.24) is 4.90 Å². The summed E-state index contributed by atoms with van der Waals surface area (Å²) in [5.74, 6) is -1.20. The van der Waals surface area contributed by atoms with E-state index in [1.807, 2.05) is 0 Å². The fraction of sp³-hybridized carbons (Fsp3) is 0.0870. The van der Waals surface area contributed by atoms with E-state index in [9.17, 15) is 24.5 Å². The summed E-state index contributed by atoms with van der Waals surface area (Å²) in [4.78, 5) is 49.6. The molecule has 0 unspecified atom stereocenters. The van der Waals surface area contributed by atoms with Crippen molar-refractivity contribution >= 4 is 29.1 Å². The highest BCUT2D eigenvalue weighted by atomic mass is 16.6. The molecule has 0 aromatic heterocycles. The quantitative estimate of drug-likeness (QED) is 0.385. The Hall–Kier alpha value is -4.33. The van der Waals surface area contributed by atoms with Crippen LogP contribution in [0.1, 0.15) is 42.2 Å². The highest BCUT2D eigenvalue weighted by molar-refractivity contribution is 6.21. The van der Waals surface area contributed by atoms with Crippen LogP contribution in [-0.4, -0.2) is 27.5 Å². The molecular formula is C23H17N3O5. The van der Waals surface area contributed by atoms with E-state index in [1.165, 1.54) is 12.1 Å². The molecule has 0 bridgehead atoms. The van der Waals surface area contributed by atoms with Crippen molar-refractivity contribution < 1.29 is 19.3 Å². The summed E-state index contributed by atoms with van der Waals surface area (Å²) >= 11 is 0. The van der Waals surface area contributed by atoms with Gasteiger partial charge in [-0.05, 0) is 42.8 Å². The molecule has 1 aliphatic rings. The summed E-state index contributed by atoms with van der Waals surface area (Å²) in [6, 6.07) is 17.6. The summed E-state index contributed by atoms with van der Waals surface area (Å²) in [6.07, 6.45) is 0. The number of nitrogens with one attached hydrogen (secondary N) is 1. The van der Waals surface area contributed by atoms with Crippen LogP contribution in [0.5, 0.6) is 0 Å². The van der Waals surface area contributed by atoms with E-state index in [0.29, 0.717) is 33.5 Å². The van der Waals surface area contributed by atoms with E-state index in [4.69, 9.17) is 0 Å². The zero-order chi connectivity index (χ0) is 22.1. The Balaban J connectivity index is 1.54. The fourth-order valence-corrected chi connectivity index (χ4v) is 3.53. The van der Waals surface area contributed by atoms with Gasteiger partial charge in [0, 0.05) is 11.6 Å². The number of amides is 3. The van der Waals surface area contributed by atoms with Gasteiger partial charge in [-0.15, -0.1) is 0 Å². The lowest BCUT2D eigenvalue weighted by Crippen LogP contribution is -2.29. The molecule has 0 saturated heterocycles. The van der Waals surface area contributed by atoms with Crippen molar-refractivity contribution in [2.24, 2.45) is 0 Å². The topological polar surface area (TPSA) is 110 Å². The van der Waals surface area contributed by atoms with Crippen LogP contribution in [-0.2, 0) is 6.54 Å². The van der Waals surface area contributed by atoms with Crippen LogP contribution in [0.3, 0.4) is 0 Å². The smallest absolute Gasteiger partial charge is 0.274 e. The van der Waals surface area contributed by atoms with Crippen molar-refractivity contribution in [3.05, 3.63) is 105 Å². The summed E-state index contributed by atoms with van der Waals surface area (Å²) < 4.78 is 0. The Morgan fingerprint density at radius 2 is 1.61 bits per heavy atom. The molecule has 8 nitrogen and oxygen atoms in total. The molecule has 31 heavy (non-hydrogen) atoms. The Bertz CT molecular complexity index is 1220. The molecule has 0 spiro atoms. The summed E-state index contributed by atoms with van der Waals surface area (Å²) in [5, 5.41) is 13.8. The number of hydrogen-bond donors (Lipinski definition) is 1. The Labute approximate surface area is 177 Å². The molecule has 0 aliphatic carbocycles. The zero-order valence-corrected chi connectivity index (χ0v) is 16.5. The molecule has 0 fully saturated rings. The maximum Gasteiger partial charge on any atom is 0.274 e. The van der Waals surface area contributed by atoms with Crippen LogP contribution in [0.4, 0.5) is 11.4 Å². The molecule has 3 aromatic carbocycles. The number of nitro groups is 1. The van der Waals surface area contributed by atoms with Gasteiger partial charge in [0.25, 0.3) is 23.4 Å². The van der Waals surface area contributed by atoms with Crippen molar-refractivity contribution in [2.75, 3.05) is 5.32 Å². The molecule has 1 N–H and O–H groups in total. The molecular weight excluding hydrogens is 398 g/mol. The second kappa shape index (κ2) is 7.83. The monoisotopic (exact) mass is 415 g/mol. The van der Waals surface area contributed by atoms with E-state index >= 15 is 0 Å². The third-order valence-corrected chi connectivity index (χ3v) is 5.16. The number of carbonyl (C=O) groups is 3. The molecule has 4 rings (SSSR count). The Morgan fingerprint density at radius 1 is 0.968 bits per heavy atom. The SMILES string of the molecule is Cc1c(NC(=O)c2cccc(CN3C(=O)c4ccccc4C3=O)c2)cccc1[N+](=O)[O-]. The number of nitro benzene ring substituents is 1. The van der Waals surface area contributed by atoms with Crippen LogP contribution in [0.15, 0.2) is 66.7 Å². The Kier molecular flexibility index (Phi) is 5.04. The van der Waals surface area contributed by atoms with Gasteiger partial charge in [-0.2, -0.15) is 0 Å². The molecule has 1 aliphatic heterocycles. The normalized spacial score (nSPS) is 12.6. The van der Waals surface area contributed by atoms with Crippen LogP contribution in [0.2, 0.25) is 0 Å². The van der Waals surface area contributed by atoms with Gasteiger partial charge in [-0.1, -0.05) is 30.3 Å². The second-order valence-corrected chi connectivity index (χ2v) is 7.10. The van der Waals surface area contributed by atoms with Crippen molar-refractivity contribution in [2.45, 2.75) is 13.5 Å². The van der Waals surface area contributed by atoms with E-state index in [1.54, 1.807) is 61.5 Å². The number of benzene rings is 3. The summed E-state index contributed by atoms with van der Waals surface area (Å²) in [5.41, 5.74) is 2.24. The molecule has 0 saturated carbocycles. The minimum Gasteiger partial charge on any atom is -0.321 e. The first kappa shape index (κ1) is 20.0.